The summed E-state index contributed by atoms with van der Waals surface area (Å²) < 4.78 is 0. The number of nitrogens with one attached hydrogen (secondary N) is 1. The Morgan fingerprint density at radius 3 is 2.33 bits per heavy atom. The van der Waals surface area contributed by atoms with Gasteiger partial charge in [0.2, 0.25) is 0 Å². The van der Waals surface area contributed by atoms with Gasteiger partial charge in [0.25, 0.3) is 0 Å². The predicted octanol–water partition coefficient (Wildman–Crippen LogP) is 3.91. The minimum Gasteiger partial charge on any atom is -0.317 e. The number of benzene rings is 1. The van der Waals surface area contributed by atoms with Gasteiger partial charge in [-0.3, -0.25) is 4.90 Å². The molecule has 0 amide bonds. The number of hydrogen-bond acceptors (Lipinski definition) is 2. The minimum atomic E-state index is 0.619. The molecule has 1 atom stereocenters. The van der Waals surface area contributed by atoms with Crippen LogP contribution in [0.3, 0.4) is 0 Å². The Hall–Kier alpha value is -0.860. The van der Waals surface area contributed by atoms with Crippen LogP contribution in [0.15, 0.2) is 24.3 Å². The van der Waals surface area contributed by atoms with E-state index in [-0.39, 0.29) is 0 Å². The van der Waals surface area contributed by atoms with Crippen molar-refractivity contribution >= 4 is 0 Å². The first-order valence-electron chi connectivity index (χ1n) is 8.81. The number of hydrogen-bond donors (Lipinski definition) is 1. The second-order valence-electron chi connectivity index (χ2n) is 6.96. The summed E-state index contributed by atoms with van der Waals surface area (Å²) in [6.07, 6.45) is 6.76. The van der Waals surface area contributed by atoms with Crippen LogP contribution in [0.4, 0.5) is 0 Å². The van der Waals surface area contributed by atoms with Gasteiger partial charge in [-0.2, -0.15) is 0 Å². The van der Waals surface area contributed by atoms with Crippen molar-refractivity contribution in [3.05, 3.63) is 35.4 Å². The van der Waals surface area contributed by atoms with E-state index >= 15 is 0 Å². The first-order chi connectivity index (χ1) is 10.3. The van der Waals surface area contributed by atoms with Gasteiger partial charge >= 0.3 is 0 Å². The number of nitrogens with zero attached hydrogens (tertiary/aromatic N) is 1. The second kappa shape index (κ2) is 6.93. The van der Waals surface area contributed by atoms with Crippen LogP contribution in [0.2, 0.25) is 0 Å². The molecule has 2 nitrogen and oxygen atoms in total. The Balaban J connectivity index is 1.72. The fourth-order valence-corrected chi connectivity index (χ4v) is 3.75. The van der Waals surface area contributed by atoms with E-state index in [9.17, 15) is 0 Å². The predicted molar refractivity (Wildman–Crippen MR) is 89.5 cm³/mol. The van der Waals surface area contributed by atoms with E-state index in [1.807, 2.05) is 0 Å². The molecular weight excluding hydrogens is 256 g/mol. The summed E-state index contributed by atoms with van der Waals surface area (Å²) in [7, 11) is 0. The summed E-state index contributed by atoms with van der Waals surface area (Å²) in [6, 6.07) is 10.7. The highest BCUT2D eigenvalue weighted by Crippen LogP contribution is 2.37. The van der Waals surface area contributed by atoms with Crippen LogP contribution in [0.25, 0.3) is 0 Å². The summed E-state index contributed by atoms with van der Waals surface area (Å²) >= 11 is 0. The Morgan fingerprint density at radius 2 is 1.76 bits per heavy atom. The van der Waals surface area contributed by atoms with E-state index in [4.69, 9.17) is 0 Å². The molecule has 1 saturated heterocycles. The maximum absolute atomic E-state index is 3.50. The lowest BCUT2D eigenvalue weighted by Crippen LogP contribution is -2.39. The lowest BCUT2D eigenvalue weighted by Gasteiger charge is -2.36. The third-order valence-corrected chi connectivity index (χ3v) is 5.19. The van der Waals surface area contributed by atoms with Gasteiger partial charge < -0.3 is 5.32 Å². The minimum absolute atomic E-state index is 0.619. The molecule has 2 fully saturated rings. The average molecular weight is 286 g/mol. The smallest absolute Gasteiger partial charge is 0.0348 e. The third kappa shape index (κ3) is 3.87. The van der Waals surface area contributed by atoms with Crippen LogP contribution < -0.4 is 5.32 Å². The molecule has 2 aliphatic rings. The van der Waals surface area contributed by atoms with Gasteiger partial charge in [-0.25, -0.2) is 0 Å². The van der Waals surface area contributed by atoms with E-state index in [0.29, 0.717) is 6.04 Å². The number of aryl methyl sites for hydroxylation is 1. The SMILES string of the molecule is CCC(c1ccc(C)cc1)N(CC1CCNCC1)C1CC1. The highest BCUT2D eigenvalue weighted by molar-refractivity contribution is 5.24. The lowest BCUT2D eigenvalue weighted by atomic mass is 9.94. The molecule has 3 rings (SSSR count). The molecule has 1 aliphatic heterocycles. The summed E-state index contributed by atoms with van der Waals surface area (Å²) in [6.45, 7) is 8.26. The monoisotopic (exact) mass is 286 g/mol. The van der Waals surface area contributed by atoms with Gasteiger partial charge in [-0.1, -0.05) is 36.8 Å². The van der Waals surface area contributed by atoms with Gasteiger partial charge in [0.15, 0.2) is 0 Å². The molecular formula is C19H30N2. The summed E-state index contributed by atoms with van der Waals surface area (Å²) in [5, 5.41) is 3.50. The van der Waals surface area contributed by atoms with Gasteiger partial charge in [0.05, 0.1) is 0 Å². The fraction of sp³-hybridized carbons (Fsp3) is 0.684. The first kappa shape index (κ1) is 15.1. The van der Waals surface area contributed by atoms with Crippen molar-refractivity contribution in [2.24, 2.45) is 5.92 Å². The van der Waals surface area contributed by atoms with Crippen molar-refractivity contribution in [1.29, 1.82) is 0 Å². The Labute approximate surface area is 129 Å². The highest BCUT2D eigenvalue weighted by Gasteiger charge is 2.35. The molecule has 116 valence electrons. The summed E-state index contributed by atoms with van der Waals surface area (Å²) in [5.41, 5.74) is 2.88. The molecule has 0 radical (unpaired) electrons. The van der Waals surface area contributed by atoms with E-state index in [2.05, 4.69) is 48.3 Å². The molecule has 1 N–H and O–H groups in total. The first-order valence-corrected chi connectivity index (χ1v) is 8.81. The largest absolute Gasteiger partial charge is 0.317 e. The van der Waals surface area contributed by atoms with Crippen molar-refractivity contribution < 1.29 is 0 Å². The average Bonchev–Trinajstić information content (AvgIpc) is 3.34. The second-order valence-corrected chi connectivity index (χ2v) is 6.96. The fourth-order valence-electron chi connectivity index (χ4n) is 3.75. The molecule has 0 aromatic heterocycles. The zero-order valence-corrected chi connectivity index (χ0v) is 13.6. The van der Waals surface area contributed by atoms with E-state index in [1.54, 1.807) is 0 Å². The zero-order valence-electron chi connectivity index (χ0n) is 13.6. The molecule has 1 saturated carbocycles. The maximum Gasteiger partial charge on any atom is 0.0348 e. The van der Waals surface area contributed by atoms with Crippen LogP contribution in [-0.4, -0.2) is 30.6 Å². The van der Waals surface area contributed by atoms with Gasteiger partial charge in [-0.05, 0) is 63.6 Å². The number of piperidine rings is 1. The summed E-state index contributed by atoms with van der Waals surface area (Å²) in [4.78, 5) is 2.83. The molecule has 0 bridgehead atoms. The molecule has 1 unspecified atom stereocenters. The number of rotatable bonds is 6. The van der Waals surface area contributed by atoms with Crippen LogP contribution in [-0.2, 0) is 0 Å². The van der Waals surface area contributed by atoms with Crippen LogP contribution >= 0.6 is 0 Å². The van der Waals surface area contributed by atoms with Gasteiger partial charge in [-0.15, -0.1) is 0 Å². The summed E-state index contributed by atoms with van der Waals surface area (Å²) in [5.74, 6) is 0.895. The van der Waals surface area contributed by atoms with E-state index in [0.717, 1.165) is 12.0 Å². The van der Waals surface area contributed by atoms with Crippen molar-refractivity contribution in [2.75, 3.05) is 19.6 Å². The van der Waals surface area contributed by atoms with Crippen LogP contribution in [0.5, 0.6) is 0 Å². The zero-order chi connectivity index (χ0) is 14.7. The van der Waals surface area contributed by atoms with Crippen molar-refractivity contribution in [3.8, 4) is 0 Å². The Morgan fingerprint density at radius 1 is 1.10 bits per heavy atom. The van der Waals surface area contributed by atoms with Gasteiger partial charge in [0, 0.05) is 18.6 Å². The molecule has 1 aromatic carbocycles. The van der Waals surface area contributed by atoms with Crippen molar-refractivity contribution in [1.82, 2.24) is 10.2 Å². The van der Waals surface area contributed by atoms with E-state index in [1.165, 1.54) is 62.9 Å². The third-order valence-electron chi connectivity index (χ3n) is 5.19. The Bertz CT molecular complexity index is 429. The standard InChI is InChI=1S/C19H30N2/c1-3-19(17-6-4-15(2)5-7-17)21(18-8-9-18)14-16-10-12-20-13-11-16/h4-7,16,18-20H,3,8-14H2,1-2H3. The molecule has 1 aliphatic carbocycles. The maximum atomic E-state index is 3.50. The van der Waals surface area contributed by atoms with Crippen molar-refractivity contribution in [3.63, 3.8) is 0 Å². The normalized spacial score (nSPS) is 21.7. The highest BCUT2D eigenvalue weighted by atomic mass is 15.2. The molecule has 1 aromatic rings. The molecule has 0 spiro atoms. The quantitative estimate of drug-likeness (QED) is 0.853. The van der Waals surface area contributed by atoms with Gasteiger partial charge in [0.1, 0.15) is 0 Å². The lowest BCUT2D eigenvalue weighted by molar-refractivity contribution is 0.139. The molecule has 21 heavy (non-hydrogen) atoms. The van der Waals surface area contributed by atoms with Crippen LogP contribution in [0.1, 0.15) is 56.2 Å². The molecule has 1 heterocycles. The van der Waals surface area contributed by atoms with E-state index < -0.39 is 0 Å². The van der Waals surface area contributed by atoms with Crippen molar-refractivity contribution in [2.45, 2.75) is 58.0 Å². The Kier molecular flexibility index (Phi) is 4.97. The van der Waals surface area contributed by atoms with Crippen LogP contribution in [0, 0.1) is 12.8 Å². The topological polar surface area (TPSA) is 15.3 Å². The molecule has 2 heteroatoms.